The summed E-state index contributed by atoms with van der Waals surface area (Å²) < 4.78 is 5.07. The fourth-order valence-electron chi connectivity index (χ4n) is 4.18. The average Bonchev–Trinajstić information content (AvgIpc) is 3.42. The van der Waals surface area contributed by atoms with E-state index in [4.69, 9.17) is 16.3 Å². The van der Waals surface area contributed by atoms with Crippen molar-refractivity contribution in [1.82, 2.24) is 10.2 Å². The summed E-state index contributed by atoms with van der Waals surface area (Å²) in [7, 11) is 1.39. The quantitative estimate of drug-likeness (QED) is 0.819. The van der Waals surface area contributed by atoms with Crippen LogP contribution in [0.2, 0.25) is 5.02 Å². The van der Waals surface area contributed by atoms with E-state index in [-0.39, 0.29) is 24.1 Å². The van der Waals surface area contributed by atoms with Gasteiger partial charge in [0.05, 0.1) is 18.7 Å². The minimum absolute atomic E-state index is 0.0593. The van der Waals surface area contributed by atoms with Gasteiger partial charge in [0.15, 0.2) is 0 Å². The van der Waals surface area contributed by atoms with Gasteiger partial charge in [0, 0.05) is 17.6 Å². The van der Waals surface area contributed by atoms with E-state index in [1.165, 1.54) is 20.0 Å². The lowest BCUT2D eigenvalue weighted by Gasteiger charge is -2.37. The molecule has 2 aliphatic heterocycles. The summed E-state index contributed by atoms with van der Waals surface area (Å²) in [5.41, 5.74) is 2.50. The van der Waals surface area contributed by atoms with Gasteiger partial charge in [-0.2, -0.15) is 0 Å². The van der Waals surface area contributed by atoms with Crippen LogP contribution in [0.3, 0.4) is 0 Å². The Balaban J connectivity index is 1.67. The number of carbonyl (C=O) groups is 2. The van der Waals surface area contributed by atoms with Crippen molar-refractivity contribution in [2.45, 2.75) is 44.2 Å². The van der Waals surface area contributed by atoms with Gasteiger partial charge in [-0.25, -0.2) is 9.59 Å². The molecule has 1 aromatic carbocycles. The van der Waals surface area contributed by atoms with Crippen LogP contribution in [0.1, 0.15) is 37.7 Å². The van der Waals surface area contributed by atoms with Gasteiger partial charge in [0.25, 0.3) is 0 Å². The van der Waals surface area contributed by atoms with Crippen molar-refractivity contribution >= 4 is 29.2 Å². The van der Waals surface area contributed by atoms with Gasteiger partial charge in [-0.05, 0) is 61.3 Å². The Morgan fingerprint density at radius 2 is 2.08 bits per heavy atom. The molecule has 2 bridgehead atoms. The highest BCUT2D eigenvalue weighted by Gasteiger charge is 2.46. The Kier molecular flexibility index (Phi) is 4.65. The second-order valence-electron chi connectivity index (χ2n) is 7.38. The zero-order valence-corrected chi connectivity index (χ0v) is 15.6. The van der Waals surface area contributed by atoms with Crippen molar-refractivity contribution in [3.8, 4) is 0 Å². The molecule has 4 rings (SSSR count). The topological polar surface area (TPSA) is 58.6 Å². The summed E-state index contributed by atoms with van der Waals surface area (Å²) in [5, 5.41) is 3.68. The number of methoxy groups -OCH3 is 1. The van der Waals surface area contributed by atoms with E-state index in [9.17, 15) is 9.59 Å². The van der Waals surface area contributed by atoms with Crippen LogP contribution in [0.5, 0.6) is 0 Å². The van der Waals surface area contributed by atoms with E-state index < -0.39 is 0 Å². The molecular weight excluding hydrogens is 352 g/mol. The van der Waals surface area contributed by atoms with Crippen molar-refractivity contribution < 1.29 is 14.3 Å². The van der Waals surface area contributed by atoms with Crippen LogP contribution >= 0.6 is 11.6 Å². The van der Waals surface area contributed by atoms with Gasteiger partial charge in [0.1, 0.15) is 0 Å². The number of halogens is 1. The zero-order valence-electron chi connectivity index (χ0n) is 14.8. The largest absolute Gasteiger partial charge is 0.466 e. The second-order valence-corrected chi connectivity index (χ2v) is 7.82. The number of urea groups is 1. The molecule has 1 saturated heterocycles. The van der Waals surface area contributed by atoms with E-state index in [1.54, 1.807) is 0 Å². The van der Waals surface area contributed by atoms with Gasteiger partial charge in [-0.15, -0.1) is 0 Å². The molecule has 1 aromatic rings. The second kappa shape index (κ2) is 6.95. The predicted octanol–water partition coefficient (Wildman–Crippen LogP) is 3.62. The van der Waals surface area contributed by atoms with Gasteiger partial charge in [-0.1, -0.05) is 23.7 Å². The number of fused-ring (bicyclic) bond motifs is 2. The standard InChI is InChI=1S/C20H23ClN2O3/c1-26-19(24)18-16(13-3-2-4-14(21)9-13)10-15-7-8-17(18)23(15)20(25)22-11-12-5-6-12/h2-4,9,12,15,17H,5-8,10-11H2,1H3,(H,22,25)/t15-,17+/m0/s1. The highest BCUT2D eigenvalue weighted by molar-refractivity contribution is 6.30. The molecule has 138 valence electrons. The van der Waals surface area contributed by atoms with Gasteiger partial charge < -0.3 is 15.0 Å². The molecule has 1 saturated carbocycles. The lowest BCUT2D eigenvalue weighted by Crippen LogP contribution is -2.51. The average molecular weight is 375 g/mol. The predicted molar refractivity (Wildman–Crippen MR) is 99.8 cm³/mol. The van der Waals surface area contributed by atoms with Crippen LogP contribution in [0.4, 0.5) is 4.79 Å². The number of amides is 2. The third kappa shape index (κ3) is 3.20. The van der Waals surface area contributed by atoms with Crippen molar-refractivity contribution in [3.05, 3.63) is 40.4 Å². The van der Waals surface area contributed by atoms with E-state index in [0.717, 1.165) is 30.5 Å². The van der Waals surface area contributed by atoms with E-state index >= 15 is 0 Å². The lowest BCUT2D eigenvalue weighted by atomic mass is 9.88. The first-order chi connectivity index (χ1) is 12.6. The number of hydrogen-bond donors (Lipinski definition) is 1. The molecule has 0 spiro atoms. The Labute approximate surface area is 158 Å². The summed E-state index contributed by atoms with van der Waals surface area (Å²) in [4.78, 5) is 27.2. The summed E-state index contributed by atoms with van der Waals surface area (Å²) in [6, 6.07) is 7.37. The monoisotopic (exact) mass is 374 g/mol. The van der Waals surface area contributed by atoms with E-state index in [0.29, 0.717) is 22.9 Å². The molecule has 2 fully saturated rings. The van der Waals surface area contributed by atoms with Crippen LogP contribution in [0.25, 0.3) is 5.57 Å². The number of nitrogens with one attached hydrogen (secondary N) is 1. The fraction of sp³-hybridized carbons (Fsp3) is 0.500. The molecule has 2 amide bonds. The highest BCUT2D eigenvalue weighted by Crippen LogP contribution is 2.43. The molecular formula is C20H23ClN2O3. The van der Waals surface area contributed by atoms with Crippen LogP contribution < -0.4 is 5.32 Å². The maximum atomic E-state index is 12.8. The summed E-state index contributed by atoms with van der Waals surface area (Å²) >= 11 is 6.16. The van der Waals surface area contributed by atoms with E-state index in [2.05, 4.69) is 5.32 Å². The van der Waals surface area contributed by atoms with E-state index in [1.807, 2.05) is 29.2 Å². The molecule has 1 N–H and O–H groups in total. The minimum atomic E-state index is -0.356. The summed E-state index contributed by atoms with van der Waals surface area (Å²) in [5.74, 6) is 0.268. The molecule has 3 aliphatic rings. The molecule has 2 heterocycles. The molecule has 0 unspecified atom stereocenters. The van der Waals surface area contributed by atoms with Crippen LogP contribution in [0, 0.1) is 5.92 Å². The Morgan fingerprint density at radius 3 is 2.77 bits per heavy atom. The maximum Gasteiger partial charge on any atom is 0.336 e. The van der Waals surface area contributed by atoms with Crippen LogP contribution in [-0.4, -0.2) is 42.6 Å². The van der Waals surface area contributed by atoms with Crippen LogP contribution in [0.15, 0.2) is 29.8 Å². The molecule has 0 radical (unpaired) electrons. The molecule has 0 aromatic heterocycles. The first-order valence-corrected chi connectivity index (χ1v) is 9.59. The highest BCUT2D eigenvalue weighted by atomic mass is 35.5. The number of benzene rings is 1. The maximum absolute atomic E-state index is 12.8. The minimum Gasteiger partial charge on any atom is -0.466 e. The molecule has 5 nitrogen and oxygen atoms in total. The third-order valence-electron chi connectivity index (χ3n) is 5.65. The summed E-state index contributed by atoms with van der Waals surface area (Å²) in [6.07, 6.45) is 4.72. The fourth-order valence-corrected chi connectivity index (χ4v) is 4.37. The molecule has 1 aliphatic carbocycles. The smallest absolute Gasteiger partial charge is 0.336 e. The normalized spacial score (nSPS) is 24.6. The molecule has 2 atom stereocenters. The lowest BCUT2D eigenvalue weighted by molar-refractivity contribution is -0.136. The number of ether oxygens (including phenoxy) is 1. The number of esters is 1. The first-order valence-electron chi connectivity index (χ1n) is 9.22. The third-order valence-corrected chi connectivity index (χ3v) is 5.89. The van der Waals surface area contributed by atoms with Crippen molar-refractivity contribution in [2.75, 3.05) is 13.7 Å². The molecule has 6 heteroatoms. The SMILES string of the molecule is COC(=O)C1=C(c2cccc(Cl)c2)C[C@@H]2CC[C@H]1N2C(=O)NCC1CC1. The Morgan fingerprint density at radius 1 is 1.27 bits per heavy atom. The van der Waals surface area contributed by atoms with Crippen LogP contribution in [-0.2, 0) is 9.53 Å². The number of hydrogen-bond acceptors (Lipinski definition) is 3. The summed E-state index contributed by atoms with van der Waals surface area (Å²) in [6.45, 7) is 0.729. The molecule has 26 heavy (non-hydrogen) atoms. The van der Waals surface area contributed by atoms with Gasteiger partial charge >= 0.3 is 12.0 Å². The first kappa shape index (κ1) is 17.4. The van der Waals surface area contributed by atoms with Gasteiger partial charge in [0.2, 0.25) is 0 Å². The zero-order chi connectivity index (χ0) is 18.3. The van der Waals surface area contributed by atoms with Crippen molar-refractivity contribution in [3.63, 3.8) is 0 Å². The number of nitrogens with zero attached hydrogens (tertiary/aromatic N) is 1. The van der Waals surface area contributed by atoms with Crippen molar-refractivity contribution in [2.24, 2.45) is 5.92 Å². The number of rotatable bonds is 4. The number of carbonyl (C=O) groups excluding carboxylic acids is 2. The Bertz CT molecular complexity index is 772. The Hall–Kier alpha value is -2.01. The van der Waals surface area contributed by atoms with Gasteiger partial charge in [-0.3, -0.25) is 0 Å². The van der Waals surface area contributed by atoms with Crippen molar-refractivity contribution in [1.29, 1.82) is 0 Å².